The first-order valence-corrected chi connectivity index (χ1v) is 4.11. The van der Waals surface area contributed by atoms with Gasteiger partial charge < -0.3 is 4.57 Å². The topological polar surface area (TPSA) is 34.9 Å². The Balaban J connectivity index is 2.85. The van der Waals surface area contributed by atoms with Gasteiger partial charge in [0.15, 0.2) is 5.78 Å². The number of rotatable bonds is 1. The van der Waals surface area contributed by atoms with Crippen molar-refractivity contribution in [2.24, 2.45) is 7.05 Å². The minimum Gasteiger partial charge on any atom is -0.348 e. The summed E-state index contributed by atoms with van der Waals surface area (Å²) in [5.74, 6) is 0.0595. The van der Waals surface area contributed by atoms with E-state index in [4.69, 9.17) is 0 Å². The fourth-order valence-corrected chi connectivity index (χ4v) is 1.47. The molecule has 0 atom stereocenters. The summed E-state index contributed by atoms with van der Waals surface area (Å²) in [7, 11) is 1.91. The van der Waals surface area contributed by atoms with Crippen LogP contribution in [0.4, 0.5) is 0 Å². The Hall–Kier alpha value is -1.64. The Morgan fingerprint density at radius 3 is 3.00 bits per heavy atom. The fraction of sp³-hybridized carbons (Fsp3) is 0.200. The molecule has 2 aromatic heterocycles. The lowest BCUT2D eigenvalue weighted by Gasteiger charge is -1.92. The van der Waals surface area contributed by atoms with Gasteiger partial charge in [-0.3, -0.25) is 9.78 Å². The Morgan fingerprint density at radius 2 is 2.31 bits per heavy atom. The SMILES string of the molecule is CC(=O)c1cn(C)c2cccnc12. The van der Waals surface area contributed by atoms with E-state index in [1.165, 1.54) is 0 Å². The molecule has 0 saturated heterocycles. The van der Waals surface area contributed by atoms with E-state index in [0.29, 0.717) is 5.56 Å². The number of Topliss-reactive ketones (excluding diaryl/α,β-unsaturated/α-hetero) is 1. The number of ketones is 1. The zero-order valence-corrected chi connectivity index (χ0v) is 7.61. The van der Waals surface area contributed by atoms with Crippen molar-refractivity contribution in [1.82, 2.24) is 9.55 Å². The highest BCUT2D eigenvalue weighted by molar-refractivity contribution is 6.05. The molecular weight excluding hydrogens is 164 g/mol. The lowest BCUT2D eigenvalue weighted by Crippen LogP contribution is -1.90. The average Bonchev–Trinajstić information content (AvgIpc) is 2.45. The molecule has 0 radical (unpaired) electrons. The molecule has 0 aromatic carbocycles. The van der Waals surface area contributed by atoms with Crippen molar-refractivity contribution < 1.29 is 4.79 Å². The van der Waals surface area contributed by atoms with Crippen LogP contribution in [-0.4, -0.2) is 15.3 Å². The second-order valence-corrected chi connectivity index (χ2v) is 3.08. The molecule has 0 aliphatic carbocycles. The molecule has 0 bridgehead atoms. The maximum Gasteiger partial charge on any atom is 0.163 e. The molecule has 0 fully saturated rings. The van der Waals surface area contributed by atoms with Gasteiger partial charge in [0.1, 0.15) is 0 Å². The van der Waals surface area contributed by atoms with E-state index in [0.717, 1.165) is 11.0 Å². The zero-order chi connectivity index (χ0) is 9.42. The summed E-state index contributed by atoms with van der Waals surface area (Å²) >= 11 is 0. The third-order valence-corrected chi connectivity index (χ3v) is 2.12. The highest BCUT2D eigenvalue weighted by Crippen LogP contribution is 2.17. The number of hydrogen-bond acceptors (Lipinski definition) is 2. The molecular formula is C10H10N2O. The molecule has 0 spiro atoms. The van der Waals surface area contributed by atoms with Gasteiger partial charge in [0.2, 0.25) is 0 Å². The van der Waals surface area contributed by atoms with Crippen LogP contribution in [0, 0.1) is 0 Å². The quantitative estimate of drug-likeness (QED) is 0.617. The van der Waals surface area contributed by atoms with E-state index in [-0.39, 0.29) is 5.78 Å². The maximum atomic E-state index is 11.2. The van der Waals surface area contributed by atoms with Crippen LogP contribution in [0.25, 0.3) is 11.0 Å². The smallest absolute Gasteiger partial charge is 0.163 e. The minimum absolute atomic E-state index is 0.0595. The molecule has 0 aliphatic rings. The van der Waals surface area contributed by atoms with Crippen molar-refractivity contribution >= 4 is 16.8 Å². The van der Waals surface area contributed by atoms with Crippen LogP contribution in [0.1, 0.15) is 17.3 Å². The monoisotopic (exact) mass is 174 g/mol. The Bertz CT molecular complexity index is 471. The van der Waals surface area contributed by atoms with Crippen molar-refractivity contribution in [2.45, 2.75) is 6.92 Å². The number of aryl methyl sites for hydroxylation is 1. The van der Waals surface area contributed by atoms with E-state index >= 15 is 0 Å². The fourth-order valence-electron chi connectivity index (χ4n) is 1.47. The van der Waals surface area contributed by atoms with E-state index < -0.39 is 0 Å². The van der Waals surface area contributed by atoms with Crippen LogP contribution in [0.5, 0.6) is 0 Å². The first-order chi connectivity index (χ1) is 6.20. The summed E-state index contributed by atoms with van der Waals surface area (Å²) in [5.41, 5.74) is 2.48. The Labute approximate surface area is 76.0 Å². The zero-order valence-electron chi connectivity index (χ0n) is 7.61. The molecule has 13 heavy (non-hydrogen) atoms. The third-order valence-electron chi connectivity index (χ3n) is 2.12. The highest BCUT2D eigenvalue weighted by Gasteiger charge is 2.09. The standard InChI is InChI=1S/C10H10N2O/c1-7(13)8-6-12(2)9-4-3-5-11-10(8)9/h3-6H,1-2H3. The molecule has 2 aromatic rings. The minimum atomic E-state index is 0.0595. The second-order valence-electron chi connectivity index (χ2n) is 3.08. The van der Waals surface area contributed by atoms with Gasteiger partial charge in [-0.1, -0.05) is 0 Å². The highest BCUT2D eigenvalue weighted by atomic mass is 16.1. The van der Waals surface area contributed by atoms with Crippen molar-refractivity contribution in [1.29, 1.82) is 0 Å². The van der Waals surface area contributed by atoms with Gasteiger partial charge in [-0.2, -0.15) is 0 Å². The Morgan fingerprint density at radius 1 is 1.54 bits per heavy atom. The molecule has 0 N–H and O–H groups in total. The number of carbonyl (C=O) groups is 1. The number of carbonyl (C=O) groups excluding carboxylic acids is 1. The van der Waals surface area contributed by atoms with Crippen molar-refractivity contribution in [2.75, 3.05) is 0 Å². The van der Waals surface area contributed by atoms with Gasteiger partial charge in [0.05, 0.1) is 16.6 Å². The van der Waals surface area contributed by atoms with Crippen molar-refractivity contribution in [3.05, 3.63) is 30.1 Å². The van der Waals surface area contributed by atoms with Gasteiger partial charge in [-0.05, 0) is 19.1 Å². The van der Waals surface area contributed by atoms with Gasteiger partial charge in [-0.15, -0.1) is 0 Å². The Kier molecular flexibility index (Phi) is 1.65. The van der Waals surface area contributed by atoms with E-state index in [1.807, 2.05) is 29.9 Å². The van der Waals surface area contributed by atoms with Crippen LogP contribution in [0.2, 0.25) is 0 Å². The third kappa shape index (κ3) is 1.13. The molecule has 3 nitrogen and oxygen atoms in total. The lowest BCUT2D eigenvalue weighted by molar-refractivity contribution is 0.101. The largest absolute Gasteiger partial charge is 0.348 e. The van der Waals surface area contributed by atoms with Crippen molar-refractivity contribution in [3.63, 3.8) is 0 Å². The summed E-state index contributed by atoms with van der Waals surface area (Å²) in [6.45, 7) is 1.56. The second kappa shape index (κ2) is 2.69. The maximum absolute atomic E-state index is 11.2. The van der Waals surface area contributed by atoms with Gasteiger partial charge in [0.25, 0.3) is 0 Å². The summed E-state index contributed by atoms with van der Waals surface area (Å²) in [6, 6.07) is 3.82. The first kappa shape index (κ1) is 7.98. The number of aromatic nitrogens is 2. The number of nitrogens with zero attached hydrogens (tertiary/aromatic N) is 2. The summed E-state index contributed by atoms with van der Waals surface area (Å²) < 4.78 is 1.92. The van der Waals surface area contributed by atoms with Gasteiger partial charge in [0, 0.05) is 19.4 Å². The van der Waals surface area contributed by atoms with E-state index in [2.05, 4.69) is 4.98 Å². The summed E-state index contributed by atoms with van der Waals surface area (Å²) in [5, 5.41) is 0. The molecule has 0 unspecified atom stereocenters. The molecule has 0 saturated carbocycles. The number of pyridine rings is 1. The predicted octanol–water partition coefficient (Wildman–Crippen LogP) is 1.78. The van der Waals surface area contributed by atoms with Crippen LogP contribution in [-0.2, 0) is 7.05 Å². The number of hydrogen-bond donors (Lipinski definition) is 0. The summed E-state index contributed by atoms with van der Waals surface area (Å²) in [6.07, 6.45) is 3.52. The van der Waals surface area contributed by atoms with E-state index in [1.54, 1.807) is 13.1 Å². The van der Waals surface area contributed by atoms with Crippen LogP contribution < -0.4 is 0 Å². The molecule has 0 aliphatic heterocycles. The normalized spacial score (nSPS) is 10.6. The predicted molar refractivity (Wildman–Crippen MR) is 50.7 cm³/mol. The summed E-state index contributed by atoms with van der Waals surface area (Å²) in [4.78, 5) is 15.4. The molecule has 66 valence electrons. The molecule has 2 rings (SSSR count). The van der Waals surface area contributed by atoms with E-state index in [9.17, 15) is 4.79 Å². The van der Waals surface area contributed by atoms with Crippen molar-refractivity contribution in [3.8, 4) is 0 Å². The van der Waals surface area contributed by atoms with Gasteiger partial charge in [-0.25, -0.2) is 0 Å². The molecule has 0 amide bonds. The molecule has 3 heteroatoms. The lowest BCUT2D eigenvalue weighted by atomic mass is 10.2. The molecule has 2 heterocycles. The van der Waals surface area contributed by atoms with Crippen LogP contribution >= 0.6 is 0 Å². The number of fused-ring (bicyclic) bond motifs is 1. The first-order valence-electron chi connectivity index (χ1n) is 4.11. The van der Waals surface area contributed by atoms with Crippen LogP contribution in [0.3, 0.4) is 0 Å². The van der Waals surface area contributed by atoms with Crippen LogP contribution in [0.15, 0.2) is 24.5 Å². The van der Waals surface area contributed by atoms with Gasteiger partial charge >= 0.3 is 0 Å². The average molecular weight is 174 g/mol.